The van der Waals surface area contributed by atoms with Gasteiger partial charge in [0.25, 0.3) is 0 Å². The van der Waals surface area contributed by atoms with Crippen molar-refractivity contribution in [3.63, 3.8) is 0 Å². The van der Waals surface area contributed by atoms with Gasteiger partial charge >= 0.3 is 0 Å². The highest BCUT2D eigenvalue weighted by Gasteiger charge is 2.12. The maximum atomic E-state index is 5.89. The van der Waals surface area contributed by atoms with E-state index in [2.05, 4.69) is 43.5 Å². The lowest BCUT2D eigenvalue weighted by molar-refractivity contribution is 0.796. The number of nitrogens with two attached hydrogens (primary N) is 1. The van der Waals surface area contributed by atoms with Crippen LogP contribution in [0, 0.1) is 13.8 Å². The molecule has 0 saturated carbocycles. The smallest absolute Gasteiger partial charge is 0.141 e. The SMILES string of the molecule is CCn1c(-c2cccc(N)c2)nc2cc(C)c(C)cc21. The van der Waals surface area contributed by atoms with Crippen LogP contribution in [0.25, 0.3) is 22.4 Å². The molecular formula is C17H19N3. The predicted molar refractivity (Wildman–Crippen MR) is 84.7 cm³/mol. The van der Waals surface area contributed by atoms with Crippen molar-refractivity contribution in [3.8, 4) is 11.4 Å². The number of rotatable bonds is 2. The van der Waals surface area contributed by atoms with E-state index in [0.717, 1.165) is 29.1 Å². The van der Waals surface area contributed by atoms with Gasteiger partial charge in [-0.05, 0) is 56.2 Å². The lowest BCUT2D eigenvalue weighted by Gasteiger charge is -2.07. The van der Waals surface area contributed by atoms with E-state index in [1.54, 1.807) is 0 Å². The summed E-state index contributed by atoms with van der Waals surface area (Å²) in [5.74, 6) is 0.986. The molecule has 0 amide bonds. The van der Waals surface area contributed by atoms with Gasteiger partial charge in [0.15, 0.2) is 0 Å². The van der Waals surface area contributed by atoms with Gasteiger partial charge in [-0.2, -0.15) is 0 Å². The Balaban J connectivity index is 2.31. The summed E-state index contributed by atoms with van der Waals surface area (Å²) in [7, 11) is 0. The summed E-state index contributed by atoms with van der Waals surface area (Å²) in [6, 6.07) is 12.3. The van der Waals surface area contributed by atoms with E-state index in [1.165, 1.54) is 16.6 Å². The van der Waals surface area contributed by atoms with Crippen LogP contribution in [-0.4, -0.2) is 9.55 Å². The fraction of sp³-hybridized carbons (Fsp3) is 0.235. The summed E-state index contributed by atoms with van der Waals surface area (Å²) in [6.07, 6.45) is 0. The largest absolute Gasteiger partial charge is 0.399 e. The fourth-order valence-corrected chi connectivity index (χ4v) is 2.60. The summed E-state index contributed by atoms with van der Waals surface area (Å²) in [5, 5.41) is 0. The standard InChI is InChI=1S/C17H19N3/c1-4-20-16-9-12(3)11(2)8-15(16)19-17(20)13-6-5-7-14(18)10-13/h5-10H,4,18H2,1-3H3. The van der Waals surface area contributed by atoms with E-state index in [1.807, 2.05) is 18.2 Å². The molecule has 0 fully saturated rings. The van der Waals surface area contributed by atoms with Gasteiger partial charge in [0.2, 0.25) is 0 Å². The normalized spacial score (nSPS) is 11.2. The van der Waals surface area contributed by atoms with Gasteiger partial charge < -0.3 is 10.3 Å². The molecule has 102 valence electrons. The molecule has 3 nitrogen and oxygen atoms in total. The average molecular weight is 265 g/mol. The van der Waals surface area contributed by atoms with Gasteiger partial charge in [-0.1, -0.05) is 12.1 Å². The number of anilines is 1. The first-order valence-corrected chi connectivity index (χ1v) is 6.93. The predicted octanol–water partition coefficient (Wildman–Crippen LogP) is 3.92. The maximum Gasteiger partial charge on any atom is 0.141 e. The van der Waals surface area contributed by atoms with Crippen LogP contribution in [0.5, 0.6) is 0 Å². The molecule has 2 aromatic carbocycles. The van der Waals surface area contributed by atoms with Crippen molar-refractivity contribution >= 4 is 16.7 Å². The number of imidazole rings is 1. The number of nitrogens with zero attached hydrogens (tertiary/aromatic N) is 2. The Morgan fingerprint density at radius 3 is 2.55 bits per heavy atom. The van der Waals surface area contributed by atoms with Crippen molar-refractivity contribution in [2.45, 2.75) is 27.3 Å². The second kappa shape index (κ2) is 4.67. The summed E-state index contributed by atoms with van der Waals surface area (Å²) in [4.78, 5) is 4.80. The molecule has 0 spiro atoms. The van der Waals surface area contributed by atoms with Crippen LogP contribution in [0.3, 0.4) is 0 Å². The summed E-state index contributed by atoms with van der Waals surface area (Å²) >= 11 is 0. The first-order chi connectivity index (χ1) is 9.60. The minimum absolute atomic E-state index is 0.768. The second-order valence-corrected chi connectivity index (χ2v) is 5.23. The third-order valence-electron chi connectivity index (χ3n) is 3.82. The molecule has 0 bridgehead atoms. The van der Waals surface area contributed by atoms with E-state index >= 15 is 0 Å². The Hall–Kier alpha value is -2.29. The monoisotopic (exact) mass is 265 g/mol. The number of aryl methyl sites for hydroxylation is 3. The van der Waals surface area contributed by atoms with Crippen LogP contribution in [0.15, 0.2) is 36.4 Å². The maximum absolute atomic E-state index is 5.89. The zero-order valence-electron chi connectivity index (χ0n) is 12.1. The van der Waals surface area contributed by atoms with E-state index in [4.69, 9.17) is 10.7 Å². The number of fused-ring (bicyclic) bond motifs is 1. The number of benzene rings is 2. The van der Waals surface area contributed by atoms with Crippen molar-refractivity contribution in [1.82, 2.24) is 9.55 Å². The molecule has 0 unspecified atom stereocenters. The summed E-state index contributed by atoms with van der Waals surface area (Å²) in [5.41, 5.74) is 12.5. The first kappa shape index (κ1) is 12.7. The molecule has 1 heterocycles. The van der Waals surface area contributed by atoms with Gasteiger partial charge in [0.05, 0.1) is 11.0 Å². The molecule has 3 heteroatoms. The Bertz CT molecular complexity index is 784. The van der Waals surface area contributed by atoms with Crippen LogP contribution >= 0.6 is 0 Å². The molecule has 3 rings (SSSR count). The summed E-state index contributed by atoms with van der Waals surface area (Å²) in [6.45, 7) is 7.30. The third-order valence-corrected chi connectivity index (χ3v) is 3.82. The molecule has 20 heavy (non-hydrogen) atoms. The molecule has 0 radical (unpaired) electrons. The highest BCUT2D eigenvalue weighted by Crippen LogP contribution is 2.27. The van der Waals surface area contributed by atoms with Crippen molar-refractivity contribution in [1.29, 1.82) is 0 Å². The van der Waals surface area contributed by atoms with E-state index < -0.39 is 0 Å². The van der Waals surface area contributed by atoms with Gasteiger partial charge in [0, 0.05) is 17.8 Å². The van der Waals surface area contributed by atoms with E-state index in [0.29, 0.717) is 0 Å². The number of hydrogen-bond donors (Lipinski definition) is 1. The Labute approximate surface area is 119 Å². The molecule has 0 atom stereocenters. The lowest BCUT2D eigenvalue weighted by atomic mass is 10.1. The molecule has 0 saturated heterocycles. The van der Waals surface area contributed by atoms with Gasteiger partial charge in [-0.3, -0.25) is 0 Å². The van der Waals surface area contributed by atoms with Gasteiger partial charge in [-0.25, -0.2) is 4.98 Å². The van der Waals surface area contributed by atoms with Crippen LogP contribution in [0.1, 0.15) is 18.1 Å². The lowest BCUT2D eigenvalue weighted by Crippen LogP contribution is -1.98. The molecule has 0 aliphatic heterocycles. The molecule has 2 N–H and O–H groups in total. The zero-order chi connectivity index (χ0) is 14.3. The second-order valence-electron chi connectivity index (χ2n) is 5.23. The van der Waals surface area contributed by atoms with Gasteiger partial charge in [0.1, 0.15) is 5.82 Å². The Morgan fingerprint density at radius 1 is 1.10 bits per heavy atom. The van der Waals surface area contributed by atoms with E-state index in [9.17, 15) is 0 Å². The van der Waals surface area contributed by atoms with Crippen molar-refractivity contribution in [3.05, 3.63) is 47.5 Å². The fourth-order valence-electron chi connectivity index (χ4n) is 2.60. The first-order valence-electron chi connectivity index (χ1n) is 6.93. The molecular weight excluding hydrogens is 246 g/mol. The topological polar surface area (TPSA) is 43.8 Å². The number of aromatic nitrogens is 2. The average Bonchev–Trinajstić information content (AvgIpc) is 2.77. The van der Waals surface area contributed by atoms with E-state index in [-0.39, 0.29) is 0 Å². The van der Waals surface area contributed by atoms with Gasteiger partial charge in [-0.15, -0.1) is 0 Å². The Morgan fingerprint density at radius 2 is 1.85 bits per heavy atom. The van der Waals surface area contributed by atoms with Crippen LogP contribution in [-0.2, 0) is 6.54 Å². The molecule has 3 aromatic rings. The number of nitrogen functional groups attached to an aromatic ring is 1. The van der Waals surface area contributed by atoms with Crippen LogP contribution < -0.4 is 5.73 Å². The quantitative estimate of drug-likeness (QED) is 0.714. The minimum atomic E-state index is 0.768. The summed E-state index contributed by atoms with van der Waals surface area (Å²) < 4.78 is 2.25. The molecule has 1 aromatic heterocycles. The molecule has 0 aliphatic rings. The van der Waals surface area contributed by atoms with Crippen LogP contribution in [0.4, 0.5) is 5.69 Å². The highest BCUT2D eigenvalue weighted by atomic mass is 15.1. The van der Waals surface area contributed by atoms with Crippen molar-refractivity contribution < 1.29 is 0 Å². The third kappa shape index (κ3) is 1.95. The molecule has 0 aliphatic carbocycles. The zero-order valence-corrected chi connectivity index (χ0v) is 12.1. The number of hydrogen-bond acceptors (Lipinski definition) is 2. The van der Waals surface area contributed by atoms with Crippen molar-refractivity contribution in [2.75, 3.05) is 5.73 Å². The van der Waals surface area contributed by atoms with Crippen molar-refractivity contribution in [2.24, 2.45) is 0 Å². The highest BCUT2D eigenvalue weighted by molar-refractivity contribution is 5.82. The minimum Gasteiger partial charge on any atom is -0.399 e. The van der Waals surface area contributed by atoms with Crippen LogP contribution in [0.2, 0.25) is 0 Å². The Kier molecular flexibility index (Phi) is 2.97.